The highest BCUT2D eigenvalue weighted by Crippen LogP contribution is 2.19. The molecular weight excluding hydrogens is 399 g/mol. The summed E-state index contributed by atoms with van der Waals surface area (Å²) in [6.07, 6.45) is 5.16. The summed E-state index contributed by atoms with van der Waals surface area (Å²) in [6, 6.07) is 14.5. The van der Waals surface area contributed by atoms with Crippen molar-refractivity contribution in [3.63, 3.8) is 0 Å². The Labute approximate surface area is 177 Å². The molecule has 0 unspecified atom stereocenters. The van der Waals surface area contributed by atoms with E-state index in [2.05, 4.69) is 25.6 Å². The van der Waals surface area contributed by atoms with Crippen LogP contribution >= 0.6 is 0 Å². The lowest BCUT2D eigenvalue weighted by Crippen LogP contribution is -2.20. The molecule has 156 valence electrons. The number of anilines is 3. The first-order valence-corrected chi connectivity index (χ1v) is 9.44. The van der Waals surface area contributed by atoms with Gasteiger partial charge in [-0.3, -0.25) is 9.36 Å². The van der Waals surface area contributed by atoms with E-state index in [9.17, 15) is 9.18 Å². The van der Waals surface area contributed by atoms with Gasteiger partial charge >= 0.3 is 0 Å². The first-order chi connectivity index (χ1) is 15.0. The number of ether oxygens (including phenoxy) is 1. The van der Waals surface area contributed by atoms with E-state index in [1.54, 1.807) is 29.2 Å². The zero-order valence-electron chi connectivity index (χ0n) is 16.6. The molecule has 0 saturated carbocycles. The van der Waals surface area contributed by atoms with Gasteiger partial charge in [-0.15, -0.1) is 0 Å². The number of imidazole rings is 1. The number of aromatic nitrogens is 4. The Morgan fingerprint density at radius 2 is 1.81 bits per heavy atom. The van der Waals surface area contributed by atoms with Crippen LogP contribution in [0.25, 0.3) is 5.82 Å². The Hall–Kier alpha value is -4.27. The van der Waals surface area contributed by atoms with Crippen molar-refractivity contribution in [3.05, 3.63) is 85.0 Å². The summed E-state index contributed by atoms with van der Waals surface area (Å²) in [4.78, 5) is 24.9. The lowest BCUT2D eigenvalue weighted by Gasteiger charge is -2.10. The van der Waals surface area contributed by atoms with Crippen LogP contribution in [0.2, 0.25) is 0 Å². The Morgan fingerprint density at radius 1 is 1.06 bits per heavy atom. The van der Waals surface area contributed by atoms with Crippen molar-refractivity contribution in [2.75, 3.05) is 17.2 Å². The summed E-state index contributed by atoms with van der Waals surface area (Å²) in [5.74, 6) is 1.71. The molecule has 0 aliphatic rings. The van der Waals surface area contributed by atoms with Gasteiger partial charge < -0.3 is 15.4 Å². The normalized spacial score (nSPS) is 10.5. The minimum absolute atomic E-state index is 0.178. The number of nitrogens with one attached hydrogen (secondary N) is 2. The van der Waals surface area contributed by atoms with E-state index < -0.39 is 0 Å². The summed E-state index contributed by atoms with van der Waals surface area (Å²) < 4.78 is 20.0. The van der Waals surface area contributed by atoms with Crippen LogP contribution in [0.4, 0.5) is 21.6 Å². The molecule has 4 rings (SSSR count). The maximum Gasteiger partial charge on any atom is 0.262 e. The standard InChI is InChI=1S/C22H19FN6O2/c1-15-25-20(12-21(26-15)29-11-10-24-14-29)27-17-4-6-18(7-5-17)28-22(30)13-31-19-8-2-16(23)3-9-19/h2-12,14H,13H2,1H3,(H,28,30)(H,25,26,27). The average Bonchev–Trinajstić information content (AvgIpc) is 3.29. The van der Waals surface area contributed by atoms with Gasteiger partial charge in [0.2, 0.25) is 0 Å². The minimum atomic E-state index is -0.361. The third-order valence-corrected chi connectivity index (χ3v) is 4.22. The number of nitrogens with zero attached hydrogens (tertiary/aromatic N) is 4. The summed E-state index contributed by atoms with van der Waals surface area (Å²) in [5, 5.41) is 5.98. The van der Waals surface area contributed by atoms with E-state index in [1.807, 2.05) is 31.3 Å². The van der Waals surface area contributed by atoms with Crippen molar-refractivity contribution < 1.29 is 13.9 Å². The maximum absolute atomic E-state index is 12.9. The third kappa shape index (κ3) is 5.41. The molecule has 2 aromatic heterocycles. The number of carbonyl (C=O) groups excluding carboxylic acids is 1. The molecule has 0 spiro atoms. The molecule has 0 aliphatic carbocycles. The smallest absolute Gasteiger partial charge is 0.262 e. The van der Waals surface area contributed by atoms with E-state index in [-0.39, 0.29) is 18.3 Å². The van der Waals surface area contributed by atoms with Crippen molar-refractivity contribution in [2.45, 2.75) is 6.92 Å². The van der Waals surface area contributed by atoms with Crippen LogP contribution in [0.5, 0.6) is 5.75 Å². The molecule has 8 nitrogen and oxygen atoms in total. The average molecular weight is 418 g/mol. The molecule has 0 aliphatic heterocycles. The predicted molar refractivity (Wildman–Crippen MR) is 114 cm³/mol. The molecule has 0 bridgehead atoms. The number of benzene rings is 2. The number of rotatable bonds is 7. The van der Waals surface area contributed by atoms with Crippen molar-refractivity contribution in [1.82, 2.24) is 19.5 Å². The van der Waals surface area contributed by atoms with Crippen molar-refractivity contribution >= 4 is 23.1 Å². The van der Waals surface area contributed by atoms with E-state index in [4.69, 9.17) is 4.74 Å². The molecule has 0 saturated heterocycles. The number of hydrogen-bond acceptors (Lipinski definition) is 6. The van der Waals surface area contributed by atoms with Gasteiger partial charge in [0.05, 0.1) is 0 Å². The summed E-state index contributed by atoms with van der Waals surface area (Å²) >= 11 is 0. The summed E-state index contributed by atoms with van der Waals surface area (Å²) in [6.45, 7) is 1.64. The van der Waals surface area contributed by atoms with Crippen LogP contribution in [-0.2, 0) is 4.79 Å². The Morgan fingerprint density at radius 3 is 2.52 bits per heavy atom. The van der Waals surface area contributed by atoms with Crippen LogP contribution in [0, 0.1) is 12.7 Å². The molecule has 4 aromatic rings. The fourth-order valence-corrected chi connectivity index (χ4v) is 2.80. The van der Waals surface area contributed by atoms with Gasteiger partial charge in [-0.2, -0.15) is 0 Å². The van der Waals surface area contributed by atoms with E-state index in [0.29, 0.717) is 28.9 Å². The number of hydrogen-bond donors (Lipinski definition) is 2. The lowest BCUT2D eigenvalue weighted by atomic mass is 10.2. The fourth-order valence-electron chi connectivity index (χ4n) is 2.80. The molecule has 2 heterocycles. The Balaban J connectivity index is 1.35. The highest BCUT2D eigenvalue weighted by Gasteiger charge is 2.06. The Kier molecular flexibility index (Phi) is 5.84. The quantitative estimate of drug-likeness (QED) is 0.473. The zero-order chi connectivity index (χ0) is 21.6. The second kappa shape index (κ2) is 9.04. The summed E-state index contributed by atoms with van der Waals surface area (Å²) in [7, 11) is 0. The van der Waals surface area contributed by atoms with Crippen LogP contribution < -0.4 is 15.4 Å². The van der Waals surface area contributed by atoms with Gasteiger partial charge in [-0.05, 0) is 55.5 Å². The van der Waals surface area contributed by atoms with Crippen molar-refractivity contribution in [1.29, 1.82) is 0 Å². The highest BCUT2D eigenvalue weighted by atomic mass is 19.1. The van der Waals surface area contributed by atoms with E-state index in [0.717, 1.165) is 5.69 Å². The molecule has 0 fully saturated rings. The van der Waals surface area contributed by atoms with Gasteiger partial charge in [0, 0.05) is 29.8 Å². The topological polar surface area (TPSA) is 94.0 Å². The fraction of sp³-hybridized carbons (Fsp3) is 0.0909. The molecule has 0 radical (unpaired) electrons. The second-order valence-corrected chi connectivity index (χ2v) is 6.62. The number of amides is 1. The number of carbonyl (C=O) groups is 1. The van der Waals surface area contributed by atoms with E-state index in [1.165, 1.54) is 24.3 Å². The highest BCUT2D eigenvalue weighted by molar-refractivity contribution is 5.92. The SMILES string of the molecule is Cc1nc(Nc2ccc(NC(=O)COc3ccc(F)cc3)cc2)cc(-n2ccnc2)n1. The molecular formula is C22H19FN6O2. The molecule has 9 heteroatoms. The lowest BCUT2D eigenvalue weighted by molar-refractivity contribution is -0.118. The molecule has 2 N–H and O–H groups in total. The molecule has 0 atom stereocenters. The number of aryl methyl sites for hydroxylation is 1. The molecule has 2 aromatic carbocycles. The van der Waals surface area contributed by atoms with Crippen molar-refractivity contribution in [2.24, 2.45) is 0 Å². The zero-order valence-corrected chi connectivity index (χ0v) is 16.6. The molecule has 1 amide bonds. The van der Waals surface area contributed by atoms with E-state index >= 15 is 0 Å². The van der Waals surface area contributed by atoms with Crippen LogP contribution in [0.3, 0.4) is 0 Å². The first-order valence-electron chi connectivity index (χ1n) is 9.44. The van der Waals surface area contributed by atoms with Crippen molar-refractivity contribution in [3.8, 4) is 11.6 Å². The Bertz CT molecular complexity index is 1160. The largest absolute Gasteiger partial charge is 0.484 e. The minimum Gasteiger partial charge on any atom is -0.484 e. The summed E-state index contributed by atoms with van der Waals surface area (Å²) in [5.41, 5.74) is 1.42. The van der Waals surface area contributed by atoms with Gasteiger partial charge in [-0.1, -0.05) is 0 Å². The van der Waals surface area contributed by atoms with Crippen LogP contribution in [0.15, 0.2) is 73.3 Å². The predicted octanol–water partition coefficient (Wildman–Crippen LogP) is 3.87. The van der Waals surface area contributed by atoms with Gasteiger partial charge in [0.15, 0.2) is 6.61 Å². The molecule has 31 heavy (non-hydrogen) atoms. The maximum atomic E-state index is 12.9. The van der Waals surface area contributed by atoms with Gasteiger partial charge in [-0.25, -0.2) is 19.3 Å². The number of halogens is 1. The van der Waals surface area contributed by atoms with Crippen LogP contribution in [0.1, 0.15) is 5.82 Å². The first kappa shape index (κ1) is 20.0. The van der Waals surface area contributed by atoms with Gasteiger partial charge in [0.25, 0.3) is 5.91 Å². The van der Waals surface area contributed by atoms with Crippen LogP contribution in [-0.4, -0.2) is 32.0 Å². The monoisotopic (exact) mass is 418 g/mol. The van der Waals surface area contributed by atoms with Gasteiger partial charge in [0.1, 0.15) is 35.4 Å². The third-order valence-electron chi connectivity index (χ3n) is 4.22. The second-order valence-electron chi connectivity index (χ2n) is 6.62.